The Labute approximate surface area is 230 Å². The highest BCUT2D eigenvalue weighted by molar-refractivity contribution is 5.95. The second-order valence-electron chi connectivity index (χ2n) is 9.68. The van der Waals surface area contributed by atoms with E-state index in [9.17, 15) is 9.59 Å². The van der Waals surface area contributed by atoms with Crippen molar-refractivity contribution in [3.8, 4) is 11.1 Å². The van der Waals surface area contributed by atoms with Crippen LogP contribution in [0.3, 0.4) is 0 Å². The van der Waals surface area contributed by atoms with E-state index < -0.39 is 0 Å². The number of benzene rings is 4. The summed E-state index contributed by atoms with van der Waals surface area (Å²) in [5.41, 5.74) is 12.0. The molecule has 0 heterocycles. The zero-order chi connectivity index (χ0) is 27.6. The lowest BCUT2D eigenvalue weighted by Crippen LogP contribution is -2.43. The lowest BCUT2D eigenvalue weighted by Gasteiger charge is -2.28. The number of ether oxygens (including phenoxy) is 1. The van der Waals surface area contributed by atoms with E-state index in [1.165, 1.54) is 7.11 Å². The third-order valence-corrected chi connectivity index (χ3v) is 6.89. The smallest absolute Gasteiger partial charge is 0.305 e. The summed E-state index contributed by atoms with van der Waals surface area (Å²) >= 11 is 0. The standard InChI is InChI=1S/C34H34N2O3/c1-24(35)30-15-9-12-26(20-30)21-31(23-33(37)39-2)32(22-25-10-5-3-6-11-25)36-34(38)29-18-16-28(17-19-29)27-13-7-4-8-14-27/h3-20,31-32H,1,21-23,35H2,2H3,(H,36,38). The van der Waals surface area contributed by atoms with Gasteiger partial charge in [-0.2, -0.15) is 0 Å². The quantitative estimate of drug-likeness (QED) is 0.237. The predicted molar refractivity (Wildman–Crippen MR) is 157 cm³/mol. The second kappa shape index (κ2) is 13.2. The van der Waals surface area contributed by atoms with E-state index in [1.54, 1.807) is 0 Å². The molecule has 2 unspecified atom stereocenters. The van der Waals surface area contributed by atoms with Gasteiger partial charge < -0.3 is 15.8 Å². The molecule has 0 saturated heterocycles. The van der Waals surface area contributed by atoms with Crippen molar-refractivity contribution >= 4 is 17.6 Å². The molecule has 0 aliphatic carbocycles. The summed E-state index contributed by atoms with van der Waals surface area (Å²) < 4.78 is 5.04. The SMILES string of the molecule is C=C(N)c1cccc(CC(CC(=O)OC)C(Cc2ccccc2)NC(=O)c2ccc(-c3ccccc3)cc2)c1. The van der Waals surface area contributed by atoms with E-state index in [0.717, 1.165) is 27.8 Å². The minimum Gasteiger partial charge on any atom is -0.469 e. The third kappa shape index (κ3) is 7.68. The van der Waals surface area contributed by atoms with Crippen LogP contribution in [0.2, 0.25) is 0 Å². The maximum Gasteiger partial charge on any atom is 0.305 e. The Morgan fingerprint density at radius 3 is 2.03 bits per heavy atom. The molecule has 39 heavy (non-hydrogen) atoms. The molecule has 198 valence electrons. The zero-order valence-corrected chi connectivity index (χ0v) is 22.2. The lowest BCUT2D eigenvalue weighted by molar-refractivity contribution is -0.142. The number of amides is 1. The maximum absolute atomic E-state index is 13.5. The first-order chi connectivity index (χ1) is 18.9. The topological polar surface area (TPSA) is 81.4 Å². The van der Waals surface area contributed by atoms with Gasteiger partial charge in [-0.3, -0.25) is 9.59 Å². The van der Waals surface area contributed by atoms with Gasteiger partial charge in [0.05, 0.1) is 13.5 Å². The summed E-state index contributed by atoms with van der Waals surface area (Å²) in [6.07, 6.45) is 1.29. The highest BCUT2D eigenvalue weighted by Crippen LogP contribution is 2.24. The van der Waals surface area contributed by atoms with Gasteiger partial charge in [-0.15, -0.1) is 0 Å². The average molecular weight is 519 g/mol. The predicted octanol–water partition coefficient (Wildman–Crippen LogP) is 6.05. The van der Waals surface area contributed by atoms with Crippen molar-refractivity contribution in [1.82, 2.24) is 5.32 Å². The van der Waals surface area contributed by atoms with Crippen LogP contribution in [-0.4, -0.2) is 25.0 Å². The Kier molecular flexibility index (Phi) is 9.30. The van der Waals surface area contributed by atoms with Crippen molar-refractivity contribution in [3.63, 3.8) is 0 Å². The van der Waals surface area contributed by atoms with Gasteiger partial charge in [0, 0.05) is 17.3 Å². The molecular formula is C34H34N2O3. The normalized spacial score (nSPS) is 12.2. The van der Waals surface area contributed by atoms with Crippen LogP contribution in [-0.2, 0) is 22.4 Å². The van der Waals surface area contributed by atoms with Gasteiger partial charge in [0.1, 0.15) is 0 Å². The number of nitrogens with two attached hydrogens (primary N) is 1. The molecule has 0 aliphatic rings. The summed E-state index contributed by atoms with van der Waals surface area (Å²) in [7, 11) is 1.39. The first kappa shape index (κ1) is 27.4. The fourth-order valence-electron chi connectivity index (χ4n) is 4.75. The highest BCUT2D eigenvalue weighted by atomic mass is 16.5. The molecule has 2 atom stereocenters. The first-order valence-corrected chi connectivity index (χ1v) is 13.0. The van der Waals surface area contributed by atoms with E-state index in [4.69, 9.17) is 10.5 Å². The number of methoxy groups -OCH3 is 1. The van der Waals surface area contributed by atoms with Crippen LogP contribution < -0.4 is 11.1 Å². The Morgan fingerprint density at radius 2 is 1.38 bits per heavy atom. The van der Waals surface area contributed by atoms with Crippen LogP contribution >= 0.6 is 0 Å². The Bertz CT molecular complexity index is 1400. The molecule has 5 heteroatoms. The van der Waals surface area contributed by atoms with E-state index in [0.29, 0.717) is 24.1 Å². The van der Waals surface area contributed by atoms with Crippen LogP contribution in [0.4, 0.5) is 0 Å². The summed E-state index contributed by atoms with van der Waals surface area (Å²) in [4.78, 5) is 26.0. The molecule has 4 aromatic carbocycles. The first-order valence-electron chi connectivity index (χ1n) is 13.0. The molecular weight excluding hydrogens is 484 g/mol. The molecule has 5 nitrogen and oxygen atoms in total. The Morgan fingerprint density at radius 1 is 0.769 bits per heavy atom. The monoisotopic (exact) mass is 518 g/mol. The van der Waals surface area contributed by atoms with Crippen molar-refractivity contribution in [2.24, 2.45) is 11.7 Å². The van der Waals surface area contributed by atoms with Gasteiger partial charge in [-0.25, -0.2) is 0 Å². The minimum atomic E-state index is -0.322. The molecule has 0 fully saturated rings. The number of nitrogens with one attached hydrogen (secondary N) is 1. The highest BCUT2D eigenvalue weighted by Gasteiger charge is 2.27. The lowest BCUT2D eigenvalue weighted by atomic mass is 9.85. The van der Waals surface area contributed by atoms with Crippen LogP contribution in [0.5, 0.6) is 0 Å². The number of hydrogen-bond donors (Lipinski definition) is 2. The molecule has 0 bridgehead atoms. The molecule has 0 aliphatic heterocycles. The molecule has 4 aromatic rings. The van der Waals surface area contributed by atoms with Crippen molar-refractivity contribution in [1.29, 1.82) is 0 Å². The van der Waals surface area contributed by atoms with Gasteiger partial charge in [-0.05, 0) is 64.8 Å². The summed E-state index contributed by atoms with van der Waals surface area (Å²) in [5.74, 6) is -0.722. The summed E-state index contributed by atoms with van der Waals surface area (Å²) in [6, 6.07) is 35.1. The molecule has 3 N–H and O–H groups in total. The molecule has 0 spiro atoms. The summed E-state index contributed by atoms with van der Waals surface area (Å²) in [6.45, 7) is 3.84. The van der Waals surface area contributed by atoms with E-state index in [2.05, 4.69) is 11.9 Å². The van der Waals surface area contributed by atoms with Gasteiger partial charge in [0.25, 0.3) is 5.91 Å². The number of carbonyl (C=O) groups is 2. The fraction of sp³-hybridized carbons (Fsp3) is 0.176. The molecule has 4 rings (SSSR count). The second-order valence-corrected chi connectivity index (χ2v) is 9.68. The number of esters is 1. The zero-order valence-electron chi connectivity index (χ0n) is 22.2. The summed E-state index contributed by atoms with van der Waals surface area (Å²) in [5, 5.41) is 3.24. The minimum absolute atomic E-state index is 0.162. The molecule has 0 radical (unpaired) electrons. The van der Waals surface area contributed by atoms with Crippen LogP contribution in [0.15, 0.2) is 116 Å². The number of carbonyl (C=O) groups excluding carboxylic acids is 2. The largest absolute Gasteiger partial charge is 0.469 e. The fourth-order valence-corrected chi connectivity index (χ4v) is 4.75. The van der Waals surface area contributed by atoms with E-state index in [1.807, 2.05) is 109 Å². The number of hydrogen-bond acceptors (Lipinski definition) is 4. The van der Waals surface area contributed by atoms with Gasteiger partial charge >= 0.3 is 5.97 Å². The van der Waals surface area contributed by atoms with Crippen LogP contribution in [0.25, 0.3) is 16.8 Å². The van der Waals surface area contributed by atoms with Crippen LogP contribution in [0, 0.1) is 5.92 Å². The van der Waals surface area contributed by atoms with Crippen molar-refractivity contribution in [3.05, 3.63) is 138 Å². The van der Waals surface area contributed by atoms with Crippen molar-refractivity contribution < 1.29 is 14.3 Å². The maximum atomic E-state index is 13.5. The van der Waals surface area contributed by atoms with E-state index in [-0.39, 0.29) is 30.3 Å². The third-order valence-electron chi connectivity index (χ3n) is 6.89. The van der Waals surface area contributed by atoms with Crippen LogP contribution in [0.1, 0.15) is 33.5 Å². The van der Waals surface area contributed by atoms with E-state index >= 15 is 0 Å². The van der Waals surface area contributed by atoms with Gasteiger partial charge in [0.15, 0.2) is 0 Å². The van der Waals surface area contributed by atoms with Gasteiger partial charge in [-0.1, -0.05) is 97.6 Å². The molecule has 0 saturated carbocycles. The van der Waals surface area contributed by atoms with Gasteiger partial charge in [0.2, 0.25) is 0 Å². The number of rotatable bonds is 11. The molecule has 1 amide bonds. The Hall–Kier alpha value is -4.64. The average Bonchev–Trinajstić information content (AvgIpc) is 2.97. The van der Waals surface area contributed by atoms with Crippen molar-refractivity contribution in [2.45, 2.75) is 25.3 Å². The Balaban J connectivity index is 1.61. The van der Waals surface area contributed by atoms with Crippen molar-refractivity contribution in [2.75, 3.05) is 7.11 Å². The molecule has 0 aromatic heterocycles.